The molecule has 19 heavy (non-hydrogen) atoms. The molecular weight excluding hydrogens is 270 g/mol. The van der Waals surface area contributed by atoms with Crippen LogP contribution in [0.25, 0.3) is 0 Å². The molecule has 0 saturated carbocycles. The molecule has 98 valence electrons. The Kier molecular flexibility index (Phi) is 3.14. The van der Waals surface area contributed by atoms with Crippen LogP contribution < -0.4 is 0 Å². The van der Waals surface area contributed by atoms with Crippen molar-refractivity contribution in [3.05, 3.63) is 51.7 Å². The molecule has 2 aliphatic rings. The van der Waals surface area contributed by atoms with Crippen LogP contribution in [0.2, 0.25) is 0 Å². The summed E-state index contributed by atoms with van der Waals surface area (Å²) in [5.41, 5.74) is 3.14. The molecule has 3 heteroatoms. The number of thiophene rings is 1. The van der Waals surface area contributed by atoms with E-state index in [1.165, 1.54) is 30.2 Å². The van der Waals surface area contributed by atoms with Crippen molar-refractivity contribution in [3.8, 4) is 0 Å². The number of fused-ring (bicyclic) bond motifs is 2. The van der Waals surface area contributed by atoms with Crippen molar-refractivity contribution in [2.24, 2.45) is 0 Å². The van der Waals surface area contributed by atoms with E-state index in [9.17, 15) is 0 Å². The SMILES string of the molecule is c1ccc2c(c1)SCC2CN1CCc2sccc2C1. The fourth-order valence-corrected chi connectivity index (χ4v) is 5.29. The fraction of sp³-hybridized carbons (Fsp3) is 0.375. The minimum absolute atomic E-state index is 0.724. The van der Waals surface area contributed by atoms with Crippen LogP contribution >= 0.6 is 23.1 Å². The summed E-state index contributed by atoms with van der Waals surface area (Å²) in [6, 6.07) is 11.2. The Bertz CT molecular complexity index is 590. The predicted octanol–water partition coefficient (Wildman–Crippen LogP) is 4.00. The average Bonchev–Trinajstić information content (AvgIpc) is 3.06. The van der Waals surface area contributed by atoms with Crippen LogP contribution in [0.1, 0.15) is 21.9 Å². The molecule has 0 fully saturated rings. The Morgan fingerprint density at radius 3 is 3.16 bits per heavy atom. The van der Waals surface area contributed by atoms with E-state index in [1.807, 2.05) is 23.1 Å². The third kappa shape index (κ3) is 2.24. The van der Waals surface area contributed by atoms with Gasteiger partial charge in [0.1, 0.15) is 0 Å². The standard InChI is InChI=1S/C16H17NS2/c1-2-4-16-14(3-1)13(11-19-16)10-17-7-5-15-12(9-17)6-8-18-15/h1-4,6,8,13H,5,7,9-11H2. The summed E-state index contributed by atoms with van der Waals surface area (Å²) < 4.78 is 0. The normalized spacial score (nSPS) is 22.2. The molecule has 1 atom stereocenters. The maximum atomic E-state index is 2.64. The zero-order chi connectivity index (χ0) is 12.7. The maximum absolute atomic E-state index is 2.64. The van der Waals surface area contributed by atoms with E-state index in [-0.39, 0.29) is 0 Å². The monoisotopic (exact) mass is 287 g/mol. The van der Waals surface area contributed by atoms with Crippen molar-refractivity contribution in [2.45, 2.75) is 23.8 Å². The minimum Gasteiger partial charge on any atom is -0.298 e. The Morgan fingerprint density at radius 1 is 1.21 bits per heavy atom. The van der Waals surface area contributed by atoms with Gasteiger partial charge in [0.15, 0.2) is 0 Å². The van der Waals surface area contributed by atoms with E-state index in [1.54, 1.807) is 16.0 Å². The van der Waals surface area contributed by atoms with E-state index < -0.39 is 0 Å². The summed E-state index contributed by atoms with van der Waals surface area (Å²) in [5, 5.41) is 2.24. The van der Waals surface area contributed by atoms with E-state index >= 15 is 0 Å². The average molecular weight is 287 g/mol. The number of nitrogens with zero attached hydrogens (tertiary/aromatic N) is 1. The van der Waals surface area contributed by atoms with Gasteiger partial charge in [-0.05, 0) is 35.1 Å². The van der Waals surface area contributed by atoms with Gasteiger partial charge >= 0.3 is 0 Å². The summed E-state index contributed by atoms with van der Waals surface area (Å²) in [5.74, 6) is 1.98. The van der Waals surface area contributed by atoms with Crippen molar-refractivity contribution < 1.29 is 0 Å². The highest BCUT2D eigenvalue weighted by Crippen LogP contribution is 2.40. The second kappa shape index (κ2) is 4.97. The number of hydrogen-bond acceptors (Lipinski definition) is 3. The topological polar surface area (TPSA) is 3.24 Å². The Balaban J connectivity index is 1.49. The van der Waals surface area contributed by atoms with Crippen LogP contribution in [0.15, 0.2) is 40.6 Å². The van der Waals surface area contributed by atoms with Crippen LogP contribution in [0.4, 0.5) is 0 Å². The van der Waals surface area contributed by atoms with Crippen LogP contribution in [-0.2, 0) is 13.0 Å². The molecule has 3 heterocycles. The predicted molar refractivity (Wildman–Crippen MR) is 83.2 cm³/mol. The molecule has 1 aromatic carbocycles. The molecule has 1 nitrogen and oxygen atoms in total. The number of rotatable bonds is 2. The summed E-state index contributed by atoms with van der Waals surface area (Å²) in [6.07, 6.45) is 1.24. The third-order valence-electron chi connectivity index (χ3n) is 4.16. The zero-order valence-electron chi connectivity index (χ0n) is 10.8. The lowest BCUT2D eigenvalue weighted by Gasteiger charge is -2.29. The van der Waals surface area contributed by atoms with Crippen LogP contribution in [0.5, 0.6) is 0 Å². The van der Waals surface area contributed by atoms with Gasteiger partial charge in [-0.2, -0.15) is 0 Å². The summed E-state index contributed by atoms with van der Waals surface area (Å²) in [6.45, 7) is 3.61. The molecule has 1 unspecified atom stereocenters. The highest BCUT2D eigenvalue weighted by molar-refractivity contribution is 7.99. The first-order valence-electron chi connectivity index (χ1n) is 6.89. The van der Waals surface area contributed by atoms with Crippen LogP contribution in [0, 0.1) is 0 Å². The molecule has 2 aliphatic heterocycles. The van der Waals surface area contributed by atoms with Gasteiger partial charge in [0.2, 0.25) is 0 Å². The lowest BCUT2D eigenvalue weighted by molar-refractivity contribution is 0.245. The molecule has 0 amide bonds. The van der Waals surface area contributed by atoms with Crippen molar-refractivity contribution in [1.29, 1.82) is 0 Å². The third-order valence-corrected chi connectivity index (χ3v) is 6.44. The first kappa shape index (κ1) is 12.0. The molecule has 1 aromatic heterocycles. The number of hydrogen-bond donors (Lipinski definition) is 0. The van der Waals surface area contributed by atoms with Gasteiger partial charge < -0.3 is 0 Å². The largest absolute Gasteiger partial charge is 0.298 e. The second-order valence-corrected chi connectivity index (χ2v) is 7.46. The summed E-state index contributed by atoms with van der Waals surface area (Å²) in [7, 11) is 0. The molecule has 0 spiro atoms. The fourth-order valence-electron chi connectivity index (χ4n) is 3.15. The van der Waals surface area contributed by atoms with E-state index in [4.69, 9.17) is 0 Å². The Labute approximate surface area is 122 Å². The van der Waals surface area contributed by atoms with Crippen molar-refractivity contribution >= 4 is 23.1 Å². The van der Waals surface area contributed by atoms with E-state index in [0.29, 0.717) is 0 Å². The van der Waals surface area contributed by atoms with E-state index in [0.717, 1.165) is 12.5 Å². The maximum Gasteiger partial charge on any atom is 0.0245 e. The van der Waals surface area contributed by atoms with Gasteiger partial charge in [-0.15, -0.1) is 23.1 Å². The van der Waals surface area contributed by atoms with Gasteiger partial charge in [0.25, 0.3) is 0 Å². The first-order chi connectivity index (χ1) is 9.40. The molecule has 0 saturated heterocycles. The molecular formula is C16H17NS2. The minimum atomic E-state index is 0.724. The Morgan fingerprint density at radius 2 is 2.16 bits per heavy atom. The van der Waals surface area contributed by atoms with Gasteiger partial charge in [-0.3, -0.25) is 4.90 Å². The van der Waals surface area contributed by atoms with Crippen molar-refractivity contribution in [3.63, 3.8) is 0 Å². The second-order valence-electron chi connectivity index (χ2n) is 5.40. The summed E-state index contributed by atoms with van der Waals surface area (Å²) >= 11 is 3.96. The van der Waals surface area contributed by atoms with Gasteiger partial charge in [0.05, 0.1) is 0 Å². The molecule has 0 radical (unpaired) electrons. The van der Waals surface area contributed by atoms with Gasteiger partial charge in [-0.25, -0.2) is 0 Å². The van der Waals surface area contributed by atoms with Gasteiger partial charge in [0, 0.05) is 41.1 Å². The van der Waals surface area contributed by atoms with E-state index in [2.05, 4.69) is 40.6 Å². The number of thioether (sulfide) groups is 1. The molecule has 0 bridgehead atoms. The molecule has 0 N–H and O–H groups in total. The zero-order valence-corrected chi connectivity index (χ0v) is 12.5. The molecule has 4 rings (SSSR count). The molecule has 0 aliphatic carbocycles. The lowest BCUT2D eigenvalue weighted by Crippen LogP contribution is -2.33. The smallest absolute Gasteiger partial charge is 0.0245 e. The first-order valence-corrected chi connectivity index (χ1v) is 8.76. The van der Waals surface area contributed by atoms with Gasteiger partial charge in [-0.1, -0.05) is 18.2 Å². The van der Waals surface area contributed by atoms with Crippen molar-refractivity contribution in [1.82, 2.24) is 4.90 Å². The van der Waals surface area contributed by atoms with Crippen molar-refractivity contribution in [2.75, 3.05) is 18.8 Å². The quantitative estimate of drug-likeness (QED) is 0.821. The van der Waals surface area contributed by atoms with Crippen LogP contribution in [0.3, 0.4) is 0 Å². The summed E-state index contributed by atoms with van der Waals surface area (Å²) in [4.78, 5) is 5.75. The number of benzene rings is 1. The Hall–Kier alpha value is -0.770. The molecule has 2 aromatic rings. The highest BCUT2D eigenvalue weighted by Gasteiger charge is 2.26. The lowest BCUT2D eigenvalue weighted by atomic mass is 9.99. The highest BCUT2D eigenvalue weighted by atomic mass is 32.2. The van der Waals surface area contributed by atoms with Crippen LogP contribution in [-0.4, -0.2) is 23.7 Å².